The van der Waals surface area contributed by atoms with Crippen LogP contribution in [0.3, 0.4) is 0 Å². The fourth-order valence-corrected chi connectivity index (χ4v) is 4.05. The first-order chi connectivity index (χ1) is 9.00. The van der Waals surface area contributed by atoms with E-state index in [2.05, 4.69) is 17.1 Å². The van der Waals surface area contributed by atoms with Crippen LogP contribution in [0.2, 0.25) is 0 Å². The molecule has 2 fully saturated rings. The topological polar surface area (TPSA) is 41.6 Å². The number of esters is 1. The van der Waals surface area contributed by atoms with E-state index in [0.717, 1.165) is 24.9 Å². The van der Waals surface area contributed by atoms with Crippen LogP contribution in [-0.2, 0) is 9.53 Å². The zero-order chi connectivity index (χ0) is 14.0. The monoisotopic (exact) mass is 268 g/mol. The first-order valence-corrected chi connectivity index (χ1v) is 7.59. The number of ether oxygens (including phenoxy) is 1. The van der Waals surface area contributed by atoms with E-state index in [4.69, 9.17) is 4.74 Å². The Labute approximate surface area is 116 Å². The number of hydrogen-bond donors (Lipinski definition) is 1. The summed E-state index contributed by atoms with van der Waals surface area (Å²) in [5.41, 5.74) is -0.565. The molecule has 1 heterocycles. The Bertz CT molecular complexity index is 334. The third-order valence-corrected chi connectivity index (χ3v) is 4.92. The quantitative estimate of drug-likeness (QED) is 0.746. The van der Waals surface area contributed by atoms with E-state index >= 15 is 0 Å². The molecule has 110 valence electrons. The second-order valence-electron chi connectivity index (χ2n) is 6.44. The SMILES string of the molecule is CCNC(C)(CC(C)N1CC2CCC1C2)C(=O)OC. The number of nitrogens with one attached hydrogen (secondary N) is 1. The lowest BCUT2D eigenvalue weighted by Gasteiger charge is -2.38. The Balaban J connectivity index is 1.98. The molecule has 1 aliphatic heterocycles. The van der Waals surface area contributed by atoms with Gasteiger partial charge < -0.3 is 10.1 Å². The molecule has 0 radical (unpaired) electrons. The van der Waals surface area contributed by atoms with Crippen LogP contribution in [0.15, 0.2) is 0 Å². The summed E-state index contributed by atoms with van der Waals surface area (Å²) in [5.74, 6) is 0.751. The molecular weight excluding hydrogens is 240 g/mol. The van der Waals surface area contributed by atoms with Crippen LogP contribution in [0.1, 0.15) is 46.5 Å². The van der Waals surface area contributed by atoms with Gasteiger partial charge >= 0.3 is 5.97 Å². The maximum atomic E-state index is 12.0. The molecule has 4 nitrogen and oxygen atoms in total. The molecular formula is C15H28N2O2. The summed E-state index contributed by atoms with van der Waals surface area (Å²) in [4.78, 5) is 14.6. The molecule has 1 aliphatic carbocycles. The summed E-state index contributed by atoms with van der Waals surface area (Å²) in [6.45, 7) is 8.25. The molecule has 1 N–H and O–H groups in total. The molecule has 1 saturated carbocycles. The van der Waals surface area contributed by atoms with Gasteiger partial charge in [-0.3, -0.25) is 9.69 Å². The fraction of sp³-hybridized carbons (Fsp3) is 0.933. The first-order valence-electron chi connectivity index (χ1n) is 7.59. The molecule has 19 heavy (non-hydrogen) atoms. The highest BCUT2D eigenvalue weighted by atomic mass is 16.5. The van der Waals surface area contributed by atoms with Crippen molar-refractivity contribution >= 4 is 5.97 Å². The predicted octanol–water partition coefficient (Wildman–Crippen LogP) is 1.79. The van der Waals surface area contributed by atoms with Crippen LogP contribution in [0, 0.1) is 5.92 Å². The average Bonchev–Trinajstić information content (AvgIpc) is 3.00. The average molecular weight is 268 g/mol. The van der Waals surface area contributed by atoms with E-state index in [1.165, 1.54) is 32.9 Å². The van der Waals surface area contributed by atoms with Crippen molar-refractivity contribution in [2.45, 2.75) is 64.1 Å². The van der Waals surface area contributed by atoms with Gasteiger partial charge in [0.1, 0.15) is 5.54 Å². The van der Waals surface area contributed by atoms with Gasteiger partial charge in [-0.2, -0.15) is 0 Å². The Morgan fingerprint density at radius 3 is 2.74 bits per heavy atom. The summed E-state index contributed by atoms with van der Waals surface area (Å²) in [7, 11) is 1.47. The van der Waals surface area contributed by atoms with Crippen molar-refractivity contribution in [3.63, 3.8) is 0 Å². The summed E-state index contributed by atoms with van der Waals surface area (Å²) in [6.07, 6.45) is 4.91. The molecule has 4 unspecified atom stereocenters. The number of carbonyl (C=O) groups excluding carboxylic acids is 1. The number of piperidine rings is 1. The smallest absolute Gasteiger partial charge is 0.325 e. The molecule has 0 spiro atoms. The lowest BCUT2D eigenvalue weighted by atomic mass is 9.92. The molecule has 2 bridgehead atoms. The summed E-state index contributed by atoms with van der Waals surface area (Å²) in [5, 5.41) is 3.31. The fourth-order valence-electron chi connectivity index (χ4n) is 4.05. The zero-order valence-electron chi connectivity index (χ0n) is 12.7. The second-order valence-corrected chi connectivity index (χ2v) is 6.44. The molecule has 0 aromatic carbocycles. The van der Waals surface area contributed by atoms with E-state index in [1.807, 2.05) is 13.8 Å². The van der Waals surface area contributed by atoms with E-state index < -0.39 is 5.54 Å². The number of carbonyl (C=O) groups is 1. The first kappa shape index (κ1) is 14.8. The minimum absolute atomic E-state index is 0.148. The number of likely N-dealkylation sites (tertiary alicyclic amines) is 1. The van der Waals surface area contributed by atoms with Crippen molar-refractivity contribution < 1.29 is 9.53 Å². The molecule has 0 amide bonds. The van der Waals surface area contributed by atoms with Gasteiger partial charge in [-0.05, 0) is 52.0 Å². The largest absolute Gasteiger partial charge is 0.468 e. The summed E-state index contributed by atoms with van der Waals surface area (Å²) in [6, 6.07) is 1.18. The second kappa shape index (κ2) is 5.80. The minimum Gasteiger partial charge on any atom is -0.468 e. The van der Waals surface area contributed by atoms with Gasteiger partial charge in [0.2, 0.25) is 0 Å². The Hall–Kier alpha value is -0.610. The van der Waals surface area contributed by atoms with Crippen LogP contribution in [0.4, 0.5) is 0 Å². The van der Waals surface area contributed by atoms with Crippen LogP contribution >= 0.6 is 0 Å². The van der Waals surface area contributed by atoms with Gasteiger partial charge in [-0.15, -0.1) is 0 Å². The molecule has 2 aliphatic rings. The highest BCUT2D eigenvalue weighted by Gasteiger charge is 2.43. The van der Waals surface area contributed by atoms with E-state index in [9.17, 15) is 4.79 Å². The van der Waals surface area contributed by atoms with Crippen molar-refractivity contribution in [3.8, 4) is 0 Å². The van der Waals surface area contributed by atoms with Crippen molar-refractivity contribution in [2.24, 2.45) is 5.92 Å². The number of methoxy groups -OCH3 is 1. The maximum Gasteiger partial charge on any atom is 0.325 e. The third-order valence-electron chi connectivity index (χ3n) is 4.92. The highest BCUT2D eigenvalue weighted by molar-refractivity contribution is 5.80. The predicted molar refractivity (Wildman–Crippen MR) is 76.0 cm³/mol. The standard InChI is InChI=1S/C15H28N2O2/c1-5-16-15(3,14(18)19-4)9-11(2)17-10-12-6-7-13(17)8-12/h11-13,16H,5-10H2,1-4H3. The molecule has 2 rings (SSSR count). The van der Waals surface area contributed by atoms with Crippen molar-refractivity contribution in [3.05, 3.63) is 0 Å². The molecule has 0 aromatic rings. The third kappa shape index (κ3) is 2.95. The maximum absolute atomic E-state index is 12.0. The van der Waals surface area contributed by atoms with E-state index in [0.29, 0.717) is 6.04 Å². The van der Waals surface area contributed by atoms with Gasteiger partial charge in [0.25, 0.3) is 0 Å². The van der Waals surface area contributed by atoms with Crippen LogP contribution < -0.4 is 5.32 Å². The van der Waals surface area contributed by atoms with Crippen molar-refractivity contribution in [1.29, 1.82) is 0 Å². The molecule has 1 saturated heterocycles. The Morgan fingerprint density at radius 2 is 2.26 bits per heavy atom. The number of hydrogen-bond acceptors (Lipinski definition) is 4. The van der Waals surface area contributed by atoms with Gasteiger partial charge in [-0.1, -0.05) is 6.92 Å². The lowest BCUT2D eigenvalue weighted by molar-refractivity contribution is -0.148. The van der Waals surface area contributed by atoms with Crippen molar-refractivity contribution in [2.75, 3.05) is 20.2 Å². The Morgan fingerprint density at radius 1 is 1.53 bits per heavy atom. The van der Waals surface area contributed by atoms with E-state index in [1.54, 1.807) is 0 Å². The van der Waals surface area contributed by atoms with Crippen LogP contribution in [-0.4, -0.2) is 48.7 Å². The summed E-state index contributed by atoms with van der Waals surface area (Å²) >= 11 is 0. The molecule has 4 heteroatoms. The van der Waals surface area contributed by atoms with Gasteiger partial charge in [0.15, 0.2) is 0 Å². The number of rotatable bonds is 6. The zero-order valence-corrected chi connectivity index (χ0v) is 12.7. The van der Waals surface area contributed by atoms with Crippen LogP contribution in [0.25, 0.3) is 0 Å². The van der Waals surface area contributed by atoms with Gasteiger partial charge in [-0.25, -0.2) is 0 Å². The minimum atomic E-state index is -0.565. The van der Waals surface area contributed by atoms with Crippen LogP contribution in [0.5, 0.6) is 0 Å². The highest BCUT2D eigenvalue weighted by Crippen LogP contribution is 2.39. The Kier molecular flexibility index (Phi) is 4.51. The molecule has 0 aromatic heterocycles. The number of likely N-dealkylation sites (N-methyl/N-ethyl adjacent to an activating group) is 1. The normalized spacial score (nSPS) is 31.2. The lowest BCUT2D eigenvalue weighted by Crippen LogP contribution is -2.54. The number of nitrogens with zero attached hydrogens (tertiary/aromatic N) is 1. The summed E-state index contributed by atoms with van der Waals surface area (Å²) < 4.78 is 4.97. The molecule has 4 atom stereocenters. The van der Waals surface area contributed by atoms with Crippen molar-refractivity contribution in [1.82, 2.24) is 10.2 Å². The van der Waals surface area contributed by atoms with Gasteiger partial charge in [0.05, 0.1) is 7.11 Å². The number of fused-ring (bicyclic) bond motifs is 2. The van der Waals surface area contributed by atoms with Gasteiger partial charge in [0, 0.05) is 18.6 Å². The van der Waals surface area contributed by atoms with E-state index in [-0.39, 0.29) is 5.97 Å².